The van der Waals surface area contributed by atoms with Crippen molar-refractivity contribution >= 4 is 23.5 Å². The molecule has 8 nitrogen and oxygen atoms in total. The van der Waals surface area contributed by atoms with Crippen molar-refractivity contribution in [2.75, 3.05) is 31.5 Å². The second-order valence-corrected chi connectivity index (χ2v) is 7.70. The van der Waals surface area contributed by atoms with Crippen molar-refractivity contribution in [2.24, 2.45) is 5.92 Å². The molecule has 1 aliphatic heterocycles. The number of nitrogens with zero attached hydrogens (tertiary/aromatic N) is 3. The molecule has 1 fully saturated rings. The van der Waals surface area contributed by atoms with Gasteiger partial charge in [-0.2, -0.15) is 0 Å². The van der Waals surface area contributed by atoms with Crippen LogP contribution in [0.2, 0.25) is 0 Å². The molecule has 0 saturated carbocycles. The van der Waals surface area contributed by atoms with Gasteiger partial charge in [0.2, 0.25) is 17.7 Å². The van der Waals surface area contributed by atoms with Gasteiger partial charge in [-0.1, -0.05) is 19.0 Å². The Bertz CT molecular complexity index is 674. The van der Waals surface area contributed by atoms with Crippen LogP contribution in [0.1, 0.15) is 64.6 Å². The molecule has 3 amide bonds. The summed E-state index contributed by atoms with van der Waals surface area (Å²) in [5.74, 6) is 1.07. The van der Waals surface area contributed by atoms with Crippen LogP contribution >= 0.6 is 0 Å². The van der Waals surface area contributed by atoms with Gasteiger partial charge in [0.1, 0.15) is 5.76 Å². The fraction of sp³-hybridized carbons (Fsp3) is 0.714. The summed E-state index contributed by atoms with van der Waals surface area (Å²) in [6.07, 6.45) is 4.54. The van der Waals surface area contributed by atoms with Crippen molar-refractivity contribution in [3.63, 3.8) is 0 Å². The van der Waals surface area contributed by atoms with E-state index in [9.17, 15) is 14.4 Å². The molecule has 8 heteroatoms. The molecule has 1 N–H and O–H groups in total. The number of amides is 3. The van der Waals surface area contributed by atoms with Gasteiger partial charge in [0, 0.05) is 51.0 Å². The summed E-state index contributed by atoms with van der Waals surface area (Å²) in [7, 11) is 0. The van der Waals surface area contributed by atoms with Crippen molar-refractivity contribution in [3.8, 4) is 0 Å². The molecule has 1 aromatic rings. The minimum atomic E-state index is -0.130. The molecule has 0 unspecified atom stereocenters. The molecule has 2 rings (SSSR count). The summed E-state index contributed by atoms with van der Waals surface area (Å²) in [6.45, 7) is 8.60. The number of aryl methyl sites for hydroxylation is 1. The Morgan fingerprint density at radius 2 is 1.83 bits per heavy atom. The molecule has 0 radical (unpaired) electrons. The van der Waals surface area contributed by atoms with Crippen LogP contribution in [0, 0.1) is 12.8 Å². The van der Waals surface area contributed by atoms with Crippen LogP contribution in [-0.2, 0) is 14.4 Å². The lowest BCUT2D eigenvalue weighted by atomic mass is 9.95. The van der Waals surface area contributed by atoms with Crippen LogP contribution in [0.5, 0.6) is 0 Å². The number of aromatic nitrogens is 1. The highest BCUT2D eigenvalue weighted by Crippen LogP contribution is 2.20. The average Bonchev–Trinajstić information content (AvgIpc) is 3.12. The first-order valence-corrected chi connectivity index (χ1v) is 10.7. The van der Waals surface area contributed by atoms with Gasteiger partial charge < -0.3 is 19.6 Å². The second-order valence-electron chi connectivity index (χ2n) is 7.70. The molecule has 2 heterocycles. The predicted octanol–water partition coefficient (Wildman–Crippen LogP) is 2.98. The molecule has 162 valence electrons. The van der Waals surface area contributed by atoms with Crippen LogP contribution in [0.4, 0.5) is 5.82 Å². The zero-order valence-corrected chi connectivity index (χ0v) is 17.9. The Balaban J connectivity index is 1.68. The lowest BCUT2D eigenvalue weighted by molar-refractivity contribution is -0.135. The van der Waals surface area contributed by atoms with Crippen LogP contribution < -0.4 is 5.32 Å². The number of carbonyl (C=O) groups excluding carboxylic acids is 3. The van der Waals surface area contributed by atoms with E-state index in [-0.39, 0.29) is 23.6 Å². The van der Waals surface area contributed by atoms with Gasteiger partial charge in [-0.3, -0.25) is 14.4 Å². The molecule has 1 aliphatic rings. The number of hydrogen-bond donors (Lipinski definition) is 1. The van der Waals surface area contributed by atoms with Gasteiger partial charge in [-0.05, 0) is 39.0 Å². The van der Waals surface area contributed by atoms with Gasteiger partial charge >= 0.3 is 0 Å². The maximum absolute atomic E-state index is 12.4. The van der Waals surface area contributed by atoms with Crippen molar-refractivity contribution < 1.29 is 18.9 Å². The number of carbonyl (C=O) groups is 3. The second kappa shape index (κ2) is 11.6. The molecule has 1 aromatic heterocycles. The SMILES string of the molecule is CCCN(CCC)C(=O)CCCC(=O)N1CCC(C(=O)Nc2cc(C)on2)CC1. The van der Waals surface area contributed by atoms with Crippen molar-refractivity contribution in [1.82, 2.24) is 15.0 Å². The third-order valence-corrected chi connectivity index (χ3v) is 5.22. The van der Waals surface area contributed by atoms with Crippen molar-refractivity contribution in [1.29, 1.82) is 0 Å². The Labute approximate surface area is 173 Å². The first-order chi connectivity index (χ1) is 13.9. The summed E-state index contributed by atoms with van der Waals surface area (Å²) >= 11 is 0. The molecule has 0 atom stereocenters. The smallest absolute Gasteiger partial charge is 0.228 e. The van der Waals surface area contributed by atoms with E-state index >= 15 is 0 Å². The number of anilines is 1. The summed E-state index contributed by atoms with van der Waals surface area (Å²) < 4.78 is 4.95. The highest BCUT2D eigenvalue weighted by molar-refractivity contribution is 5.91. The number of likely N-dealkylation sites (tertiary alicyclic amines) is 1. The molecule has 0 bridgehead atoms. The molecule has 29 heavy (non-hydrogen) atoms. The van der Waals surface area contributed by atoms with E-state index in [1.165, 1.54) is 0 Å². The largest absolute Gasteiger partial charge is 0.360 e. The zero-order valence-electron chi connectivity index (χ0n) is 17.9. The number of hydrogen-bond acceptors (Lipinski definition) is 5. The molecule has 0 aromatic carbocycles. The molecular weight excluding hydrogens is 372 g/mol. The van der Waals surface area contributed by atoms with E-state index in [0.717, 1.165) is 25.9 Å². The zero-order chi connectivity index (χ0) is 21.2. The number of nitrogens with one attached hydrogen (secondary N) is 1. The van der Waals surface area contributed by atoms with Gasteiger partial charge in [-0.25, -0.2) is 0 Å². The van der Waals surface area contributed by atoms with E-state index < -0.39 is 0 Å². The summed E-state index contributed by atoms with van der Waals surface area (Å²) in [5, 5.41) is 6.54. The van der Waals surface area contributed by atoms with E-state index in [1.54, 1.807) is 13.0 Å². The van der Waals surface area contributed by atoms with Crippen LogP contribution in [0.15, 0.2) is 10.6 Å². The molecule has 0 spiro atoms. The average molecular weight is 407 g/mol. The molecule has 0 aliphatic carbocycles. The number of rotatable bonds is 10. The topological polar surface area (TPSA) is 95.8 Å². The fourth-order valence-electron chi connectivity index (χ4n) is 3.65. The lowest BCUT2D eigenvalue weighted by Crippen LogP contribution is -2.41. The van der Waals surface area contributed by atoms with Crippen molar-refractivity contribution in [2.45, 2.75) is 65.7 Å². The maximum atomic E-state index is 12.4. The quantitative estimate of drug-likeness (QED) is 0.644. The van der Waals surface area contributed by atoms with Gasteiger partial charge in [0.05, 0.1) is 0 Å². The fourth-order valence-corrected chi connectivity index (χ4v) is 3.65. The van der Waals surface area contributed by atoms with Crippen LogP contribution in [0.25, 0.3) is 0 Å². The third kappa shape index (κ3) is 7.18. The highest BCUT2D eigenvalue weighted by atomic mass is 16.5. The maximum Gasteiger partial charge on any atom is 0.228 e. The Kier molecular flexibility index (Phi) is 9.15. The normalized spacial score (nSPS) is 14.7. The van der Waals surface area contributed by atoms with Gasteiger partial charge in [0.15, 0.2) is 5.82 Å². The molecular formula is C21H34N4O4. The molecule has 1 saturated heterocycles. The Morgan fingerprint density at radius 1 is 1.17 bits per heavy atom. The number of piperidine rings is 1. The standard InChI is InChI=1S/C21H34N4O4/c1-4-11-24(12-5-2)19(26)7-6-8-20(27)25-13-9-17(10-14-25)21(28)22-18-15-16(3)29-23-18/h15,17H,4-14H2,1-3H3,(H,22,23,28). The first-order valence-electron chi connectivity index (χ1n) is 10.7. The van der Waals surface area contributed by atoms with E-state index in [1.807, 2.05) is 9.80 Å². The van der Waals surface area contributed by atoms with Gasteiger partial charge in [0.25, 0.3) is 0 Å². The predicted molar refractivity (Wildman–Crippen MR) is 110 cm³/mol. The summed E-state index contributed by atoms with van der Waals surface area (Å²) in [6, 6.07) is 1.68. The summed E-state index contributed by atoms with van der Waals surface area (Å²) in [5.41, 5.74) is 0. The Morgan fingerprint density at radius 3 is 2.38 bits per heavy atom. The summed E-state index contributed by atoms with van der Waals surface area (Å²) in [4.78, 5) is 40.8. The Hall–Kier alpha value is -2.38. The van der Waals surface area contributed by atoms with Crippen LogP contribution in [-0.4, -0.2) is 58.9 Å². The first kappa shape index (κ1) is 22.9. The monoisotopic (exact) mass is 406 g/mol. The van der Waals surface area contributed by atoms with E-state index in [2.05, 4.69) is 24.3 Å². The van der Waals surface area contributed by atoms with Crippen LogP contribution in [0.3, 0.4) is 0 Å². The highest BCUT2D eigenvalue weighted by Gasteiger charge is 2.27. The minimum absolute atomic E-state index is 0.0707. The van der Waals surface area contributed by atoms with E-state index in [0.29, 0.717) is 56.8 Å². The minimum Gasteiger partial charge on any atom is -0.360 e. The van der Waals surface area contributed by atoms with Crippen molar-refractivity contribution in [3.05, 3.63) is 11.8 Å². The van der Waals surface area contributed by atoms with E-state index in [4.69, 9.17) is 4.52 Å². The lowest BCUT2D eigenvalue weighted by Gasteiger charge is -2.31. The van der Waals surface area contributed by atoms with Gasteiger partial charge in [-0.15, -0.1) is 0 Å². The third-order valence-electron chi connectivity index (χ3n) is 5.22.